The van der Waals surface area contributed by atoms with Crippen LogP contribution < -0.4 is 5.32 Å². The SMILES string of the molecule is CS(=O)(=O)c1cc(NC(=O)c2cnn(-c3ccccc3)n2)cc(C(=O)O)c1. The highest BCUT2D eigenvalue weighted by Gasteiger charge is 2.17. The number of carbonyl (C=O) groups is 2. The molecule has 138 valence electrons. The highest BCUT2D eigenvalue weighted by atomic mass is 32.2. The van der Waals surface area contributed by atoms with Crippen LogP contribution in [0.3, 0.4) is 0 Å². The summed E-state index contributed by atoms with van der Waals surface area (Å²) in [4.78, 5) is 24.6. The molecule has 3 aromatic rings. The molecular formula is C17H14N4O5S. The molecule has 3 rings (SSSR count). The molecule has 1 aromatic heterocycles. The number of aromatic nitrogens is 3. The summed E-state index contributed by atoms with van der Waals surface area (Å²) in [6, 6.07) is 12.3. The van der Waals surface area contributed by atoms with Gasteiger partial charge < -0.3 is 10.4 Å². The minimum absolute atomic E-state index is 0.0134. The number of carbonyl (C=O) groups excluding carboxylic acids is 1. The lowest BCUT2D eigenvalue weighted by Crippen LogP contribution is -2.14. The summed E-state index contributed by atoms with van der Waals surface area (Å²) in [5, 5.41) is 19.7. The Morgan fingerprint density at radius 1 is 1.11 bits per heavy atom. The van der Waals surface area contributed by atoms with E-state index in [1.807, 2.05) is 6.07 Å². The van der Waals surface area contributed by atoms with Crippen LogP contribution in [0.4, 0.5) is 5.69 Å². The Labute approximate surface area is 154 Å². The van der Waals surface area contributed by atoms with E-state index in [4.69, 9.17) is 5.11 Å². The summed E-state index contributed by atoms with van der Waals surface area (Å²) in [5.41, 5.74) is 0.403. The Balaban J connectivity index is 1.89. The number of hydrogen-bond donors (Lipinski definition) is 2. The van der Waals surface area contributed by atoms with Crippen molar-refractivity contribution in [2.45, 2.75) is 4.90 Å². The molecule has 1 amide bonds. The van der Waals surface area contributed by atoms with Crippen LogP contribution in [0, 0.1) is 0 Å². The number of aromatic carboxylic acids is 1. The number of sulfone groups is 1. The molecule has 0 saturated carbocycles. The van der Waals surface area contributed by atoms with Crippen molar-refractivity contribution in [3.05, 3.63) is 66.0 Å². The smallest absolute Gasteiger partial charge is 0.335 e. The van der Waals surface area contributed by atoms with Gasteiger partial charge in [0.1, 0.15) is 0 Å². The van der Waals surface area contributed by atoms with Gasteiger partial charge >= 0.3 is 5.97 Å². The number of benzene rings is 2. The van der Waals surface area contributed by atoms with Crippen molar-refractivity contribution < 1.29 is 23.1 Å². The van der Waals surface area contributed by atoms with Crippen LogP contribution in [0.15, 0.2) is 59.6 Å². The molecule has 0 radical (unpaired) electrons. The van der Waals surface area contributed by atoms with Gasteiger partial charge in [0.05, 0.1) is 22.3 Å². The molecule has 10 heteroatoms. The van der Waals surface area contributed by atoms with Gasteiger partial charge in [-0.05, 0) is 30.3 Å². The molecule has 2 N–H and O–H groups in total. The number of nitrogens with one attached hydrogen (secondary N) is 1. The first-order valence-corrected chi connectivity index (χ1v) is 9.51. The lowest BCUT2D eigenvalue weighted by molar-refractivity contribution is 0.0696. The average molecular weight is 386 g/mol. The van der Waals surface area contributed by atoms with Gasteiger partial charge in [-0.15, -0.1) is 5.10 Å². The second kappa shape index (κ2) is 7.00. The molecule has 0 aliphatic rings. The number of rotatable bonds is 5. The van der Waals surface area contributed by atoms with Gasteiger partial charge in [0.15, 0.2) is 15.5 Å². The molecule has 0 atom stereocenters. The van der Waals surface area contributed by atoms with Crippen LogP contribution in [0.2, 0.25) is 0 Å². The molecule has 0 spiro atoms. The molecule has 0 unspecified atom stereocenters. The summed E-state index contributed by atoms with van der Waals surface area (Å²) in [6.07, 6.45) is 2.20. The van der Waals surface area contributed by atoms with Gasteiger partial charge in [-0.3, -0.25) is 4.79 Å². The van der Waals surface area contributed by atoms with Crippen molar-refractivity contribution in [3.63, 3.8) is 0 Å². The van der Waals surface area contributed by atoms with E-state index in [0.29, 0.717) is 5.69 Å². The zero-order chi connectivity index (χ0) is 19.6. The third-order valence-corrected chi connectivity index (χ3v) is 4.64. The first kappa shape index (κ1) is 18.3. The minimum atomic E-state index is -3.66. The maximum Gasteiger partial charge on any atom is 0.335 e. The molecule has 9 nitrogen and oxygen atoms in total. The van der Waals surface area contributed by atoms with Gasteiger partial charge in [0.2, 0.25) is 0 Å². The first-order valence-electron chi connectivity index (χ1n) is 7.61. The Kier molecular flexibility index (Phi) is 4.74. The van der Waals surface area contributed by atoms with Crippen molar-refractivity contribution >= 4 is 27.4 Å². The number of para-hydroxylation sites is 1. The maximum atomic E-state index is 12.4. The fourth-order valence-electron chi connectivity index (χ4n) is 2.26. The summed E-state index contributed by atoms with van der Waals surface area (Å²) in [7, 11) is -3.66. The number of nitrogens with zero attached hydrogens (tertiary/aromatic N) is 3. The second-order valence-corrected chi connectivity index (χ2v) is 7.65. The summed E-state index contributed by atoms with van der Waals surface area (Å²) in [6.45, 7) is 0. The third-order valence-electron chi connectivity index (χ3n) is 3.55. The zero-order valence-corrected chi connectivity index (χ0v) is 14.8. The number of anilines is 1. The first-order chi connectivity index (χ1) is 12.7. The monoisotopic (exact) mass is 386 g/mol. The van der Waals surface area contributed by atoms with E-state index >= 15 is 0 Å². The van der Waals surface area contributed by atoms with Gasteiger partial charge in [-0.2, -0.15) is 9.90 Å². The van der Waals surface area contributed by atoms with Crippen LogP contribution in [0.25, 0.3) is 5.69 Å². The van der Waals surface area contributed by atoms with E-state index in [0.717, 1.165) is 18.4 Å². The van der Waals surface area contributed by atoms with Crippen LogP contribution in [0.1, 0.15) is 20.8 Å². The summed E-state index contributed by atoms with van der Waals surface area (Å²) in [5.74, 6) is -1.97. The summed E-state index contributed by atoms with van der Waals surface area (Å²) >= 11 is 0. The van der Waals surface area contributed by atoms with Crippen LogP contribution in [-0.2, 0) is 9.84 Å². The van der Waals surface area contributed by atoms with Crippen molar-refractivity contribution in [1.29, 1.82) is 0 Å². The highest BCUT2D eigenvalue weighted by Crippen LogP contribution is 2.20. The Morgan fingerprint density at radius 2 is 1.81 bits per heavy atom. The normalized spacial score (nSPS) is 11.1. The molecule has 0 bridgehead atoms. The fourth-order valence-corrected chi connectivity index (χ4v) is 2.94. The average Bonchev–Trinajstić information content (AvgIpc) is 3.12. The number of carboxylic acids is 1. The van der Waals surface area contributed by atoms with Gasteiger partial charge in [0, 0.05) is 11.9 Å². The van der Waals surface area contributed by atoms with Crippen LogP contribution >= 0.6 is 0 Å². The molecule has 1 heterocycles. The van der Waals surface area contributed by atoms with Crippen molar-refractivity contribution in [2.75, 3.05) is 11.6 Å². The molecular weight excluding hydrogens is 372 g/mol. The molecule has 0 aliphatic carbocycles. The Hall–Kier alpha value is -3.53. The van der Waals surface area contributed by atoms with E-state index in [1.54, 1.807) is 24.3 Å². The van der Waals surface area contributed by atoms with E-state index in [9.17, 15) is 18.0 Å². The Morgan fingerprint density at radius 3 is 2.44 bits per heavy atom. The number of carboxylic acid groups (broad SMARTS) is 1. The molecule has 2 aromatic carbocycles. The standard InChI is InChI=1S/C17H14N4O5S/c1-27(25,26)14-8-11(17(23)24)7-12(9-14)19-16(22)15-10-18-21(20-15)13-5-3-2-4-6-13/h2-10H,1H3,(H,19,22)(H,23,24). The van der Waals surface area contributed by atoms with Gasteiger partial charge in [0.25, 0.3) is 5.91 Å². The molecule has 0 saturated heterocycles. The quantitative estimate of drug-likeness (QED) is 0.681. The lowest BCUT2D eigenvalue weighted by atomic mass is 10.2. The highest BCUT2D eigenvalue weighted by molar-refractivity contribution is 7.90. The largest absolute Gasteiger partial charge is 0.478 e. The number of hydrogen-bond acceptors (Lipinski definition) is 6. The predicted octanol–water partition coefficient (Wildman–Crippen LogP) is 1.62. The lowest BCUT2D eigenvalue weighted by Gasteiger charge is -2.07. The van der Waals surface area contributed by atoms with E-state index in [2.05, 4.69) is 15.5 Å². The van der Waals surface area contributed by atoms with Gasteiger partial charge in [-0.1, -0.05) is 18.2 Å². The van der Waals surface area contributed by atoms with Crippen LogP contribution in [-0.4, -0.2) is 46.7 Å². The molecule has 0 aliphatic heterocycles. The van der Waals surface area contributed by atoms with E-state index in [-0.39, 0.29) is 21.8 Å². The van der Waals surface area contributed by atoms with Crippen molar-refractivity contribution in [3.8, 4) is 5.69 Å². The maximum absolute atomic E-state index is 12.4. The fraction of sp³-hybridized carbons (Fsp3) is 0.0588. The minimum Gasteiger partial charge on any atom is -0.478 e. The molecule has 0 fully saturated rings. The van der Waals surface area contributed by atoms with Crippen LogP contribution in [0.5, 0.6) is 0 Å². The van der Waals surface area contributed by atoms with Gasteiger partial charge in [-0.25, -0.2) is 13.2 Å². The van der Waals surface area contributed by atoms with E-state index in [1.165, 1.54) is 17.1 Å². The summed E-state index contributed by atoms with van der Waals surface area (Å²) < 4.78 is 23.5. The van der Waals surface area contributed by atoms with Crippen molar-refractivity contribution in [2.24, 2.45) is 0 Å². The second-order valence-electron chi connectivity index (χ2n) is 5.63. The van der Waals surface area contributed by atoms with E-state index < -0.39 is 21.7 Å². The molecule has 27 heavy (non-hydrogen) atoms. The topological polar surface area (TPSA) is 131 Å². The van der Waals surface area contributed by atoms with Crippen molar-refractivity contribution in [1.82, 2.24) is 15.0 Å². The number of amides is 1. The predicted molar refractivity (Wildman–Crippen MR) is 95.8 cm³/mol. The zero-order valence-electron chi connectivity index (χ0n) is 14.0. The Bertz CT molecular complexity index is 1120. The third kappa shape index (κ3) is 4.18.